The standard InChI is InChI=1S/C17H13FN6O2S/c1-25-14-7-5-11(6-8-14)16-19-15(26-21-16)10-27-17-20-22-23-24(17)13-4-2-3-12(18)9-13/h2-9H,10H2,1H3. The van der Waals surface area contributed by atoms with Crippen LogP contribution in [0.15, 0.2) is 58.2 Å². The van der Waals surface area contributed by atoms with Crippen LogP contribution in [0.4, 0.5) is 4.39 Å². The Morgan fingerprint density at radius 2 is 2.04 bits per heavy atom. The van der Waals surface area contributed by atoms with Crippen molar-refractivity contribution in [2.45, 2.75) is 10.9 Å². The van der Waals surface area contributed by atoms with Gasteiger partial charge in [-0.1, -0.05) is 23.0 Å². The van der Waals surface area contributed by atoms with Crippen molar-refractivity contribution in [1.29, 1.82) is 0 Å². The van der Waals surface area contributed by atoms with Crippen LogP contribution in [0.3, 0.4) is 0 Å². The molecular formula is C17H13FN6O2S. The maximum Gasteiger partial charge on any atom is 0.237 e. The van der Waals surface area contributed by atoms with Gasteiger partial charge in [0.1, 0.15) is 11.6 Å². The molecule has 0 saturated heterocycles. The molecule has 0 aliphatic rings. The van der Waals surface area contributed by atoms with Gasteiger partial charge >= 0.3 is 0 Å². The third kappa shape index (κ3) is 3.80. The first kappa shape index (κ1) is 17.2. The second kappa shape index (κ2) is 7.54. The summed E-state index contributed by atoms with van der Waals surface area (Å²) < 4.78 is 25.3. The molecule has 8 nitrogen and oxygen atoms in total. The van der Waals surface area contributed by atoms with Crippen molar-refractivity contribution in [1.82, 2.24) is 30.3 Å². The highest BCUT2D eigenvalue weighted by Gasteiger charge is 2.14. The Morgan fingerprint density at radius 3 is 2.81 bits per heavy atom. The van der Waals surface area contributed by atoms with Gasteiger partial charge in [0.25, 0.3) is 0 Å². The van der Waals surface area contributed by atoms with Crippen LogP contribution in [0.25, 0.3) is 17.1 Å². The molecule has 0 radical (unpaired) electrons. The van der Waals surface area contributed by atoms with E-state index in [1.807, 2.05) is 24.3 Å². The van der Waals surface area contributed by atoms with Gasteiger partial charge in [0.05, 0.1) is 18.6 Å². The third-order valence-electron chi connectivity index (χ3n) is 3.63. The van der Waals surface area contributed by atoms with E-state index in [2.05, 4.69) is 25.7 Å². The lowest BCUT2D eigenvalue weighted by Crippen LogP contribution is -1.99. The van der Waals surface area contributed by atoms with Gasteiger partial charge < -0.3 is 9.26 Å². The minimum Gasteiger partial charge on any atom is -0.497 e. The number of benzene rings is 2. The summed E-state index contributed by atoms with van der Waals surface area (Å²) in [4.78, 5) is 4.37. The fraction of sp³-hybridized carbons (Fsp3) is 0.118. The number of rotatable bonds is 6. The third-order valence-corrected chi connectivity index (χ3v) is 4.54. The number of hydrogen-bond acceptors (Lipinski definition) is 8. The lowest BCUT2D eigenvalue weighted by atomic mass is 10.2. The van der Waals surface area contributed by atoms with Crippen LogP contribution in [0.5, 0.6) is 5.75 Å². The van der Waals surface area contributed by atoms with Crippen LogP contribution in [0, 0.1) is 5.82 Å². The van der Waals surface area contributed by atoms with E-state index < -0.39 is 0 Å². The quantitative estimate of drug-likeness (QED) is 0.468. The predicted octanol–water partition coefficient (Wildman–Crippen LogP) is 3.15. The van der Waals surface area contributed by atoms with Gasteiger partial charge in [0, 0.05) is 5.56 Å². The number of tetrazole rings is 1. The van der Waals surface area contributed by atoms with E-state index in [4.69, 9.17) is 9.26 Å². The molecule has 10 heteroatoms. The summed E-state index contributed by atoms with van der Waals surface area (Å²) in [7, 11) is 1.61. The van der Waals surface area contributed by atoms with E-state index in [1.165, 1.54) is 28.6 Å². The second-order valence-corrected chi connectivity index (χ2v) is 6.32. The van der Waals surface area contributed by atoms with Crippen molar-refractivity contribution in [3.63, 3.8) is 0 Å². The maximum absolute atomic E-state index is 13.4. The van der Waals surface area contributed by atoms with Crippen molar-refractivity contribution < 1.29 is 13.7 Å². The van der Waals surface area contributed by atoms with E-state index in [1.54, 1.807) is 19.2 Å². The molecule has 4 rings (SSSR count). The first-order valence-corrected chi connectivity index (χ1v) is 8.85. The molecule has 0 bridgehead atoms. The summed E-state index contributed by atoms with van der Waals surface area (Å²) in [6, 6.07) is 13.4. The molecule has 27 heavy (non-hydrogen) atoms. The maximum atomic E-state index is 13.4. The molecule has 2 aromatic carbocycles. The Kier molecular flexibility index (Phi) is 4.79. The van der Waals surface area contributed by atoms with Gasteiger partial charge in [-0.2, -0.15) is 9.67 Å². The molecule has 0 fully saturated rings. The molecule has 136 valence electrons. The van der Waals surface area contributed by atoms with Crippen molar-refractivity contribution in [2.75, 3.05) is 7.11 Å². The molecule has 0 atom stereocenters. The van der Waals surface area contributed by atoms with Crippen LogP contribution in [-0.4, -0.2) is 37.5 Å². The summed E-state index contributed by atoms with van der Waals surface area (Å²) in [5.74, 6) is 1.68. The highest BCUT2D eigenvalue weighted by atomic mass is 32.2. The molecule has 0 spiro atoms. The minimum absolute atomic E-state index is 0.361. The zero-order valence-corrected chi connectivity index (χ0v) is 14.9. The number of methoxy groups -OCH3 is 1. The predicted molar refractivity (Wildman–Crippen MR) is 95.0 cm³/mol. The first-order valence-electron chi connectivity index (χ1n) is 7.87. The van der Waals surface area contributed by atoms with Gasteiger partial charge in [0.15, 0.2) is 0 Å². The van der Waals surface area contributed by atoms with Gasteiger partial charge in [0.2, 0.25) is 16.9 Å². The summed E-state index contributed by atoms with van der Waals surface area (Å²) in [6.07, 6.45) is 0. The summed E-state index contributed by atoms with van der Waals surface area (Å²) in [5, 5.41) is 16.0. The fourth-order valence-corrected chi connectivity index (χ4v) is 3.06. The van der Waals surface area contributed by atoms with Gasteiger partial charge in [-0.05, 0) is 52.9 Å². The minimum atomic E-state index is -0.361. The van der Waals surface area contributed by atoms with Gasteiger partial charge in [-0.3, -0.25) is 0 Å². The Bertz CT molecular complexity index is 1050. The van der Waals surface area contributed by atoms with E-state index in [9.17, 15) is 4.39 Å². The largest absolute Gasteiger partial charge is 0.497 e. The molecule has 0 amide bonds. The zero-order valence-electron chi connectivity index (χ0n) is 14.1. The van der Waals surface area contributed by atoms with Crippen LogP contribution < -0.4 is 4.74 Å². The molecule has 0 aliphatic carbocycles. The monoisotopic (exact) mass is 384 g/mol. The fourth-order valence-electron chi connectivity index (χ4n) is 2.34. The molecule has 0 saturated carbocycles. The molecular weight excluding hydrogens is 371 g/mol. The first-order chi connectivity index (χ1) is 13.2. The van der Waals surface area contributed by atoms with Crippen molar-refractivity contribution in [3.05, 3.63) is 60.2 Å². The van der Waals surface area contributed by atoms with Crippen molar-refractivity contribution >= 4 is 11.8 Å². The number of halogens is 1. The summed E-state index contributed by atoms with van der Waals surface area (Å²) in [5.41, 5.74) is 1.35. The van der Waals surface area contributed by atoms with Crippen LogP contribution in [-0.2, 0) is 5.75 Å². The van der Waals surface area contributed by atoms with Gasteiger partial charge in [-0.25, -0.2) is 4.39 Å². The average molecular weight is 384 g/mol. The van der Waals surface area contributed by atoms with E-state index in [-0.39, 0.29) is 5.82 Å². The smallest absolute Gasteiger partial charge is 0.237 e. The van der Waals surface area contributed by atoms with Crippen molar-refractivity contribution in [3.8, 4) is 22.8 Å². The van der Waals surface area contributed by atoms with E-state index in [0.717, 1.165) is 11.3 Å². The van der Waals surface area contributed by atoms with E-state index >= 15 is 0 Å². The Morgan fingerprint density at radius 1 is 1.19 bits per heavy atom. The topological polar surface area (TPSA) is 91.8 Å². The molecule has 2 aromatic heterocycles. The van der Waals surface area contributed by atoms with Gasteiger partial charge in [-0.15, -0.1) is 5.10 Å². The number of ether oxygens (including phenoxy) is 1. The number of hydrogen-bond donors (Lipinski definition) is 0. The molecule has 2 heterocycles. The second-order valence-electron chi connectivity index (χ2n) is 5.38. The highest BCUT2D eigenvalue weighted by molar-refractivity contribution is 7.98. The number of aromatic nitrogens is 6. The highest BCUT2D eigenvalue weighted by Crippen LogP contribution is 2.24. The molecule has 4 aromatic rings. The average Bonchev–Trinajstić information content (AvgIpc) is 3.36. The number of thioether (sulfide) groups is 1. The summed E-state index contributed by atoms with van der Waals surface area (Å²) in [6.45, 7) is 0. The molecule has 0 N–H and O–H groups in total. The van der Waals surface area contributed by atoms with Crippen LogP contribution >= 0.6 is 11.8 Å². The summed E-state index contributed by atoms with van der Waals surface area (Å²) >= 11 is 1.31. The number of nitrogens with zero attached hydrogens (tertiary/aromatic N) is 6. The molecule has 0 aliphatic heterocycles. The zero-order chi connectivity index (χ0) is 18.6. The molecule has 0 unspecified atom stereocenters. The lowest BCUT2D eigenvalue weighted by Gasteiger charge is -2.02. The van der Waals surface area contributed by atoms with E-state index in [0.29, 0.717) is 28.3 Å². The van der Waals surface area contributed by atoms with Crippen LogP contribution in [0.2, 0.25) is 0 Å². The Balaban J connectivity index is 1.47. The lowest BCUT2D eigenvalue weighted by molar-refractivity contribution is 0.391. The normalized spacial score (nSPS) is 10.9. The Labute approximate surface area is 157 Å². The van der Waals surface area contributed by atoms with Crippen molar-refractivity contribution in [2.24, 2.45) is 0 Å². The Hall–Kier alpha value is -3.27. The SMILES string of the molecule is COc1ccc(-c2noc(CSc3nnnn3-c3cccc(F)c3)n2)cc1. The van der Waals surface area contributed by atoms with Crippen LogP contribution in [0.1, 0.15) is 5.89 Å².